The molecule has 4 rings (SSSR count). The van der Waals surface area contributed by atoms with E-state index in [1.165, 1.54) is 0 Å². The number of aliphatic hydroxyl groups excluding tert-OH is 2. The number of hydrogen-bond donors (Lipinski definition) is 3. The van der Waals surface area contributed by atoms with Gasteiger partial charge in [0.25, 0.3) is 5.89 Å². The molecule has 2 heterocycles. The van der Waals surface area contributed by atoms with Crippen LogP contribution in [0.2, 0.25) is 0 Å². The number of rotatable bonds is 6. The Balaban J connectivity index is 1.67. The second-order valence-electron chi connectivity index (χ2n) is 6.49. The number of furan rings is 1. The lowest BCUT2D eigenvalue weighted by Gasteiger charge is -2.21. The lowest BCUT2D eigenvalue weighted by atomic mass is 10.00. The number of hydrogen-bond acceptors (Lipinski definition) is 8. The molecule has 0 unspecified atom stereocenters. The van der Waals surface area contributed by atoms with Crippen molar-refractivity contribution < 1.29 is 23.9 Å². The first-order chi connectivity index (χ1) is 13.6. The fraction of sp³-hybridized carbons (Fsp3) is 0.200. The SMILES string of the molecule is COc1ccc(-c2nc(-c3ccc4oc(C(N)(CO)CO)cc4c3)no2)cc1. The van der Waals surface area contributed by atoms with E-state index in [0.717, 1.165) is 22.3 Å². The molecule has 0 atom stereocenters. The van der Waals surface area contributed by atoms with Gasteiger partial charge >= 0.3 is 0 Å². The lowest BCUT2D eigenvalue weighted by molar-refractivity contribution is 0.105. The quantitative estimate of drug-likeness (QED) is 0.464. The van der Waals surface area contributed by atoms with Crippen LogP contribution in [0.15, 0.2) is 57.5 Å². The van der Waals surface area contributed by atoms with Gasteiger partial charge in [-0.1, -0.05) is 5.16 Å². The minimum atomic E-state index is -1.34. The fourth-order valence-electron chi connectivity index (χ4n) is 2.83. The lowest BCUT2D eigenvalue weighted by Crippen LogP contribution is -2.43. The average Bonchev–Trinajstić information content (AvgIpc) is 3.40. The molecule has 0 radical (unpaired) electrons. The summed E-state index contributed by atoms with van der Waals surface area (Å²) < 4.78 is 16.2. The molecule has 4 N–H and O–H groups in total. The van der Waals surface area contributed by atoms with Crippen molar-refractivity contribution in [3.05, 3.63) is 54.3 Å². The monoisotopic (exact) mass is 381 g/mol. The van der Waals surface area contributed by atoms with Gasteiger partial charge in [-0.3, -0.25) is 0 Å². The molecule has 4 aromatic rings. The van der Waals surface area contributed by atoms with E-state index in [1.807, 2.05) is 30.3 Å². The van der Waals surface area contributed by atoms with Crippen molar-refractivity contribution in [3.63, 3.8) is 0 Å². The van der Waals surface area contributed by atoms with Crippen LogP contribution in [-0.4, -0.2) is 40.7 Å². The van der Waals surface area contributed by atoms with Crippen LogP contribution < -0.4 is 10.5 Å². The Morgan fingerprint density at radius 2 is 1.75 bits per heavy atom. The van der Waals surface area contributed by atoms with Crippen molar-refractivity contribution in [1.29, 1.82) is 0 Å². The summed E-state index contributed by atoms with van der Waals surface area (Å²) in [6, 6.07) is 14.4. The van der Waals surface area contributed by atoms with E-state index >= 15 is 0 Å². The summed E-state index contributed by atoms with van der Waals surface area (Å²) in [5.41, 5.74) is 6.73. The van der Waals surface area contributed by atoms with Crippen LogP contribution in [0.5, 0.6) is 5.75 Å². The van der Waals surface area contributed by atoms with Crippen LogP contribution in [0.1, 0.15) is 5.76 Å². The van der Waals surface area contributed by atoms with Gasteiger partial charge in [0.15, 0.2) is 0 Å². The molecule has 0 saturated carbocycles. The minimum absolute atomic E-state index is 0.302. The highest BCUT2D eigenvalue weighted by Crippen LogP contribution is 2.30. The van der Waals surface area contributed by atoms with E-state index in [4.69, 9.17) is 19.4 Å². The molecule has 8 nitrogen and oxygen atoms in total. The molecule has 0 aliphatic carbocycles. The molecular formula is C20H19N3O5. The third-order valence-electron chi connectivity index (χ3n) is 4.59. The Morgan fingerprint density at radius 1 is 1.04 bits per heavy atom. The standard InChI is InChI=1S/C20H19N3O5/c1-26-15-5-2-12(3-6-15)19-22-18(23-28-19)13-4-7-16-14(8-13)9-17(27-16)20(21,10-24)11-25/h2-9,24-25H,10-11,21H2,1H3. The zero-order chi connectivity index (χ0) is 19.7. The van der Waals surface area contributed by atoms with Gasteiger partial charge in [-0.15, -0.1) is 0 Å². The summed E-state index contributed by atoms with van der Waals surface area (Å²) in [4.78, 5) is 4.45. The molecule has 0 aliphatic rings. The van der Waals surface area contributed by atoms with Crippen LogP contribution >= 0.6 is 0 Å². The third-order valence-corrected chi connectivity index (χ3v) is 4.59. The molecule has 0 fully saturated rings. The molecular weight excluding hydrogens is 362 g/mol. The summed E-state index contributed by atoms with van der Waals surface area (Å²) in [7, 11) is 1.60. The summed E-state index contributed by atoms with van der Waals surface area (Å²) in [6.45, 7) is -0.877. The van der Waals surface area contributed by atoms with Crippen molar-refractivity contribution in [3.8, 4) is 28.6 Å². The number of methoxy groups -OCH3 is 1. The van der Waals surface area contributed by atoms with Crippen LogP contribution in [0.4, 0.5) is 0 Å². The van der Waals surface area contributed by atoms with E-state index in [1.54, 1.807) is 25.3 Å². The smallest absolute Gasteiger partial charge is 0.258 e. The Kier molecular flexibility index (Phi) is 4.60. The molecule has 0 bridgehead atoms. The number of nitrogens with two attached hydrogens (primary N) is 1. The van der Waals surface area contributed by atoms with Gasteiger partial charge < -0.3 is 29.6 Å². The van der Waals surface area contributed by atoms with Gasteiger partial charge in [-0.2, -0.15) is 4.98 Å². The Morgan fingerprint density at radius 3 is 2.43 bits per heavy atom. The minimum Gasteiger partial charge on any atom is -0.497 e. The van der Waals surface area contributed by atoms with Crippen molar-refractivity contribution in [2.45, 2.75) is 5.54 Å². The van der Waals surface area contributed by atoms with Gasteiger partial charge in [-0.05, 0) is 48.5 Å². The first kappa shape index (κ1) is 18.2. The highest BCUT2D eigenvalue weighted by Gasteiger charge is 2.30. The molecule has 2 aromatic heterocycles. The zero-order valence-corrected chi connectivity index (χ0v) is 15.1. The number of fused-ring (bicyclic) bond motifs is 1. The molecule has 2 aromatic carbocycles. The predicted molar refractivity (Wildman–Crippen MR) is 102 cm³/mol. The third kappa shape index (κ3) is 3.13. The van der Waals surface area contributed by atoms with Crippen molar-refractivity contribution in [2.24, 2.45) is 5.73 Å². The first-order valence-corrected chi connectivity index (χ1v) is 8.59. The number of nitrogens with zero attached hydrogens (tertiary/aromatic N) is 2. The number of aliphatic hydroxyl groups is 2. The molecule has 0 saturated heterocycles. The first-order valence-electron chi connectivity index (χ1n) is 8.59. The Labute approximate surface area is 160 Å². The topological polar surface area (TPSA) is 128 Å². The largest absolute Gasteiger partial charge is 0.497 e. The maximum absolute atomic E-state index is 9.46. The fourth-order valence-corrected chi connectivity index (χ4v) is 2.83. The Bertz CT molecular complexity index is 1100. The van der Waals surface area contributed by atoms with Crippen LogP contribution in [-0.2, 0) is 5.54 Å². The predicted octanol–water partition coefficient (Wildman–Crippen LogP) is 2.30. The van der Waals surface area contributed by atoms with Gasteiger partial charge in [0.2, 0.25) is 5.82 Å². The van der Waals surface area contributed by atoms with Gasteiger partial charge in [0.05, 0.1) is 20.3 Å². The second-order valence-corrected chi connectivity index (χ2v) is 6.49. The molecule has 0 spiro atoms. The van der Waals surface area contributed by atoms with Crippen molar-refractivity contribution in [1.82, 2.24) is 10.1 Å². The van der Waals surface area contributed by atoms with Gasteiger partial charge in [0.1, 0.15) is 22.6 Å². The summed E-state index contributed by atoms with van der Waals surface area (Å²) in [5, 5.41) is 23.7. The maximum atomic E-state index is 9.46. The number of ether oxygens (including phenoxy) is 1. The van der Waals surface area contributed by atoms with Crippen LogP contribution in [0.25, 0.3) is 33.8 Å². The van der Waals surface area contributed by atoms with Gasteiger partial charge in [-0.25, -0.2) is 0 Å². The highest BCUT2D eigenvalue weighted by atomic mass is 16.5. The highest BCUT2D eigenvalue weighted by molar-refractivity contribution is 5.83. The summed E-state index contributed by atoms with van der Waals surface area (Å²) >= 11 is 0. The van der Waals surface area contributed by atoms with E-state index < -0.39 is 18.8 Å². The molecule has 144 valence electrons. The van der Waals surface area contributed by atoms with E-state index in [9.17, 15) is 10.2 Å². The zero-order valence-electron chi connectivity index (χ0n) is 15.1. The second kappa shape index (κ2) is 7.08. The van der Waals surface area contributed by atoms with Crippen LogP contribution in [0, 0.1) is 0 Å². The molecule has 8 heteroatoms. The van der Waals surface area contributed by atoms with Crippen molar-refractivity contribution >= 4 is 11.0 Å². The molecule has 28 heavy (non-hydrogen) atoms. The van der Waals surface area contributed by atoms with E-state index in [0.29, 0.717) is 23.1 Å². The normalized spacial score (nSPS) is 11.9. The van der Waals surface area contributed by atoms with E-state index in [2.05, 4.69) is 10.1 Å². The number of aromatic nitrogens is 2. The molecule has 0 aliphatic heterocycles. The summed E-state index contributed by atoms with van der Waals surface area (Å²) in [5.74, 6) is 1.87. The average molecular weight is 381 g/mol. The summed E-state index contributed by atoms with van der Waals surface area (Å²) in [6.07, 6.45) is 0. The molecule has 0 amide bonds. The Hall–Kier alpha value is -3.20. The van der Waals surface area contributed by atoms with Crippen molar-refractivity contribution in [2.75, 3.05) is 20.3 Å². The maximum Gasteiger partial charge on any atom is 0.258 e. The van der Waals surface area contributed by atoms with Crippen LogP contribution in [0.3, 0.4) is 0 Å². The van der Waals surface area contributed by atoms with E-state index in [-0.39, 0.29) is 0 Å². The van der Waals surface area contributed by atoms with Gasteiger partial charge in [0, 0.05) is 16.5 Å². The number of benzene rings is 2.